The van der Waals surface area contributed by atoms with E-state index in [1.807, 2.05) is 33.8 Å². The van der Waals surface area contributed by atoms with E-state index in [-0.39, 0.29) is 11.9 Å². The zero-order valence-electron chi connectivity index (χ0n) is 17.9. The molecule has 2 aromatic rings. The Kier molecular flexibility index (Phi) is 5.42. The summed E-state index contributed by atoms with van der Waals surface area (Å²) in [4.78, 5) is 22.0. The maximum absolute atomic E-state index is 12.9. The summed E-state index contributed by atoms with van der Waals surface area (Å²) in [6, 6.07) is 2.50. The van der Waals surface area contributed by atoms with Crippen LogP contribution in [0.15, 0.2) is 6.07 Å². The molecule has 0 radical (unpaired) electrons. The summed E-state index contributed by atoms with van der Waals surface area (Å²) in [6.07, 6.45) is 6.01. The molecule has 1 amide bonds. The van der Waals surface area contributed by atoms with Crippen LogP contribution in [0, 0.1) is 39.5 Å². The summed E-state index contributed by atoms with van der Waals surface area (Å²) < 4.78 is 1.76. The monoisotopic (exact) mass is 396 g/mol. The van der Waals surface area contributed by atoms with Gasteiger partial charge in [0, 0.05) is 34.7 Å². The number of hydrogen-bond donors (Lipinski definition) is 2. The second kappa shape index (κ2) is 7.86. The van der Waals surface area contributed by atoms with Crippen molar-refractivity contribution in [1.82, 2.24) is 25.1 Å². The first-order valence-electron chi connectivity index (χ1n) is 10.7. The topological polar surface area (TPSA) is 98.7 Å². The van der Waals surface area contributed by atoms with E-state index in [9.17, 15) is 4.79 Å². The first-order valence-corrected chi connectivity index (χ1v) is 10.7. The zero-order chi connectivity index (χ0) is 20.7. The number of aryl methyl sites for hydroxylation is 3. The quantitative estimate of drug-likeness (QED) is 0.827. The highest BCUT2D eigenvalue weighted by Gasteiger charge is 2.39. The summed E-state index contributed by atoms with van der Waals surface area (Å²) in [5, 5.41) is 7.97. The van der Waals surface area contributed by atoms with Crippen molar-refractivity contribution < 1.29 is 4.79 Å². The zero-order valence-corrected chi connectivity index (χ0v) is 17.9. The van der Waals surface area contributed by atoms with Gasteiger partial charge in [0.2, 0.25) is 5.91 Å². The van der Waals surface area contributed by atoms with Crippen LogP contribution < -0.4 is 11.1 Å². The Bertz CT molecular complexity index is 886. The van der Waals surface area contributed by atoms with Gasteiger partial charge in [-0.3, -0.25) is 4.79 Å². The highest BCUT2D eigenvalue weighted by atomic mass is 16.1. The number of amides is 1. The van der Waals surface area contributed by atoms with E-state index in [0.29, 0.717) is 30.2 Å². The van der Waals surface area contributed by atoms with Gasteiger partial charge in [-0.2, -0.15) is 5.10 Å². The Morgan fingerprint density at radius 2 is 1.76 bits per heavy atom. The second-order valence-electron chi connectivity index (χ2n) is 8.96. The molecule has 2 saturated carbocycles. The first-order chi connectivity index (χ1) is 13.8. The number of nitrogens with zero attached hydrogens (tertiary/aromatic N) is 4. The van der Waals surface area contributed by atoms with Crippen molar-refractivity contribution in [2.24, 2.45) is 17.6 Å². The molecule has 3 N–H and O–H groups in total. The number of carbonyl (C=O) groups is 1. The van der Waals surface area contributed by atoms with Gasteiger partial charge < -0.3 is 11.1 Å². The van der Waals surface area contributed by atoms with Crippen molar-refractivity contribution in [3.8, 4) is 5.95 Å². The van der Waals surface area contributed by atoms with E-state index in [4.69, 9.17) is 5.73 Å². The summed E-state index contributed by atoms with van der Waals surface area (Å²) in [7, 11) is 0. The lowest BCUT2D eigenvalue weighted by Crippen LogP contribution is -2.54. The summed E-state index contributed by atoms with van der Waals surface area (Å²) in [6.45, 7) is 7.83. The molecule has 0 saturated heterocycles. The van der Waals surface area contributed by atoms with Crippen LogP contribution in [-0.2, 0) is 11.2 Å². The fraction of sp³-hybridized carbons (Fsp3) is 0.636. The minimum Gasteiger partial charge on any atom is -0.353 e. The van der Waals surface area contributed by atoms with Gasteiger partial charge in [0.25, 0.3) is 5.95 Å². The molecule has 2 bridgehead atoms. The molecule has 4 rings (SSSR count). The van der Waals surface area contributed by atoms with Crippen molar-refractivity contribution >= 4 is 5.91 Å². The molecule has 7 nitrogen and oxygen atoms in total. The molecule has 0 aromatic carbocycles. The van der Waals surface area contributed by atoms with Crippen LogP contribution in [0.4, 0.5) is 0 Å². The Hall–Kier alpha value is -2.28. The van der Waals surface area contributed by atoms with Gasteiger partial charge in [-0.1, -0.05) is 6.42 Å². The molecule has 29 heavy (non-hydrogen) atoms. The standard InChI is InChI=1S/C22H32N6O/c1-12-8-13(2)25-22(24-12)28-15(4)19(14(3)27-28)11-20(29)26-21-16-6-5-7-17(21)10-18(23)9-16/h8,16-18,21H,5-7,9-11,23H2,1-4H3,(H,26,29). The number of nitrogens with one attached hydrogen (secondary N) is 1. The van der Waals surface area contributed by atoms with E-state index in [1.165, 1.54) is 19.3 Å². The number of rotatable bonds is 4. The molecule has 2 heterocycles. The fourth-order valence-electron chi connectivity index (χ4n) is 5.35. The average molecular weight is 397 g/mol. The maximum Gasteiger partial charge on any atom is 0.251 e. The second-order valence-corrected chi connectivity index (χ2v) is 8.96. The van der Waals surface area contributed by atoms with Crippen molar-refractivity contribution in [3.05, 3.63) is 34.4 Å². The van der Waals surface area contributed by atoms with Crippen LogP contribution in [0.1, 0.15) is 60.4 Å². The molecule has 0 aliphatic heterocycles. The summed E-state index contributed by atoms with van der Waals surface area (Å²) in [5.74, 6) is 1.69. The molecular weight excluding hydrogens is 364 g/mol. The van der Waals surface area contributed by atoms with Gasteiger partial charge in [-0.05, 0) is 71.3 Å². The van der Waals surface area contributed by atoms with Crippen LogP contribution in [0.25, 0.3) is 5.95 Å². The third-order valence-electron chi connectivity index (χ3n) is 6.64. The van der Waals surface area contributed by atoms with Gasteiger partial charge in [0.05, 0.1) is 12.1 Å². The van der Waals surface area contributed by atoms with E-state index in [1.54, 1.807) is 4.68 Å². The molecule has 7 heteroatoms. The van der Waals surface area contributed by atoms with Crippen LogP contribution in [-0.4, -0.2) is 37.7 Å². The smallest absolute Gasteiger partial charge is 0.251 e. The van der Waals surface area contributed by atoms with Gasteiger partial charge in [-0.25, -0.2) is 14.6 Å². The third kappa shape index (κ3) is 4.06. The number of carbonyl (C=O) groups excluding carboxylic acids is 1. The molecule has 2 fully saturated rings. The largest absolute Gasteiger partial charge is 0.353 e. The minimum atomic E-state index is 0.0782. The number of fused-ring (bicyclic) bond motifs is 2. The SMILES string of the molecule is Cc1cc(C)nc(-n2nc(C)c(CC(=O)NC3C4CCCC3CC(N)C4)c2C)n1. The van der Waals surface area contributed by atoms with E-state index in [0.717, 1.165) is 41.2 Å². The number of hydrogen-bond acceptors (Lipinski definition) is 5. The number of nitrogens with two attached hydrogens (primary N) is 1. The average Bonchev–Trinajstić information content (AvgIpc) is 2.90. The van der Waals surface area contributed by atoms with Crippen LogP contribution in [0.5, 0.6) is 0 Å². The van der Waals surface area contributed by atoms with E-state index in [2.05, 4.69) is 20.4 Å². The predicted molar refractivity (Wildman–Crippen MR) is 112 cm³/mol. The maximum atomic E-state index is 12.9. The Morgan fingerprint density at radius 1 is 1.14 bits per heavy atom. The minimum absolute atomic E-state index is 0.0782. The summed E-state index contributed by atoms with van der Waals surface area (Å²) in [5.41, 5.74) is 10.8. The first kappa shape index (κ1) is 20.0. The van der Waals surface area contributed by atoms with Crippen molar-refractivity contribution in [3.63, 3.8) is 0 Å². The lowest BCUT2D eigenvalue weighted by molar-refractivity contribution is -0.122. The normalized spacial score (nSPS) is 26.4. The van der Waals surface area contributed by atoms with Crippen LogP contribution >= 0.6 is 0 Å². The molecule has 0 spiro atoms. The third-order valence-corrected chi connectivity index (χ3v) is 6.64. The summed E-state index contributed by atoms with van der Waals surface area (Å²) >= 11 is 0. The van der Waals surface area contributed by atoms with Crippen molar-refractivity contribution in [2.45, 2.75) is 78.3 Å². The molecule has 2 aromatic heterocycles. The van der Waals surface area contributed by atoms with Crippen LogP contribution in [0.2, 0.25) is 0 Å². The predicted octanol–water partition coefficient (Wildman–Crippen LogP) is 2.46. The highest BCUT2D eigenvalue weighted by Crippen LogP contribution is 2.39. The van der Waals surface area contributed by atoms with Gasteiger partial charge in [-0.15, -0.1) is 0 Å². The van der Waals surface area contributed by atoms with Gasteiger partial charge >= 0.3 is 0 Å². The van der Waals surface area contributed by atoms with E-state index >= 15 is 0 Å². The molecule has 156 valence electrons. The van der Waals surface area contributed by atoms with Gasteiger partial charge in [0.1, 0.15) is 0 Å². The Labute approximate surface area is 172 Å². The fourth-order valence-corrected chi connectivity index (χ4v) is 5.35. The van der Waals surface area contributed by atoms with Crippen molar-refractivity contribution in [2.75, 3.05) is 0 Å². The molecule has 2 aliphatic rings. The molecule has 2 unspecified atom stereocenters. The lowest BCUT2D eigenvalue weighted by Gasteiger charge is -2.45. The highest BCUT2D eigenvalue weighted by molar-refractivity contribution is 5.79. The Balaban J connectivity index is 1.51. The van der Waals surface area contributed by atoms with Crippen molar-refractivity contribution in [1.29, 1.82) is 0 Å². The molecule has 2 atom stereocenters. The van der Waals surface area contributed by atoms with Gasteiger partial charge in [0.15, 0.2) is 0 Å². The van der Waals surface area contributed by atoms with Crippen LogP contribution in [0.3, 0.4) is 0 Å². The molecular formula is C22H32N6O. The Morgan fingerprint density at radius 3 is 2.38 bits per heavy atom. The lowest BCUT2D eigenvalue weighted by atomic mass is 9.67. The number of aromatic nitrogens is 4. The van der Waals surface area contributed by atoms with E-state index < -0.39 is 0 Å². The molecule has 2 aliphatic carbocycles.